The Bertz CT molecular complexity index is 837. The Morgan fingerprint density at radius 3 is 1.09 bits per heavy atom. The Labute approximate surface area is 367 Å². The fourth-order valence-electron chi connectivity index (χ4n) is 6.67. The van der Waals surface area contributed by atoms with Crippen LogP contribution < -0.4 is 34.7 Å². The molecule has 0 spiro atoms. The number of aliphatic hydroxyl groups excluding tert-OH is 2. The molecule has 0 aromatic carbocycles. The van der Waals surface area contributed by atoms with E-state index < -0.39 is 18.0 Å². The van der Waals surface area contributed by atoms with Gasteiger partial charge in [-0.25, -0.2) is 4.79 Å². The summed E-state index contributed by atoms with van der Waals surface area (Å²) in [4.78, 5) is 32.7. The minimum atomic E-state index is -1.38. The number of esters is 2. The van der Waals surface area contributed by atoms with Crippen LogP contribution in [0.15, 0.2) is 12.2 Å². The predicted molar refractivity (Wildman–Crippen MR) is 227 cm³/mol. The van der Waals surface area contributed by atoms with Crippen molar-refractivity contribution in [3.05, 3.63) is 12.2 Å². The van der Waals surface area contributed by atoms with Crippen molar-refractivity contribution in [2.24, 2.45) is 0 Å². The third kappa shape index (κ3) is 55.2. The van der Waals surface area contributed by atoms with Crippen LogP contribution in [0.3, 0.4) is 0 Å². The van der Waals surface area contributed by atoms with Gasteiger partial charge in [-0.2, -0.15) is 0 Å². The molecule has 1 atom stereocenters. The van der Waals surface area contributed by atoms with E-state index in [1.54, 1.807) is 0 Å². The standard InChI is InChI=1S/C25H50O4.C22H40O4.Na/c1-2-3-4-5-6-7-8-9-10-11-12-13-14-15-16-17-18-19-20-21-25(28)29-23-24(27)22-26;1-2-3-4-5-6-7-8-9-10-11-12-13-14-15-16-17-20-26-22(25)19-18-21(23)24;/h24,26-27H,2-23H2,1H3;18-19H,2-17,20H2,1H3,(H,23,24);/q;;+1/p-1/b;19-18+;. The Balaban J connectivity index is -0.000000991. The van der Waals surface area contributed by atoms with E-state index in [-0.39, 0.29) is 48.7 Å². The number of carbonyl (C=O) groups excluding carboxylic acids is 3. The molecule has 0 aliphatic carbocycles. The summed E-state index contributed by atoms with van der Waals surface area (Å²) in [5.74, 6) is -2.27. The van der Waals surface area contributed by atoms with Crippen molar-refractivity contribution in [1.29, 1.82) is 0 Å². The second kappa shape index (κ2) is 52.1. The molecule has 0 aliphatic rings. The van der Waals surface area contributed by atoms with Gasteiger partial charge in [-0.1, -0.05) is 226 Å². The third-order valence-electron chi connectivity index (χ3n) is 10.2. The number of ether oxygens (including phenoxy) is 2. The molecule has 0 amide bonds. The number of carbonyl (C=O) groups is 3. The smallest absolute Gasteiger partial charge is 0.545 e. The van der Waals surface area contributed by atoms with Crippen molar-refractivity contribution in [2.75, 3.05) is 19.8 Å². The Hall–Kier alpha value is -0.930. The summed E-state index contributed by atoms with van der Waals surface area (Å²) in [6.07, 6.45) is 47.3. The Morgan fingerprint density at radius 2 is 0.786 bits per heavy atom. The van der Waals surface area contributed by atoms with Crippen molar-refractivity contribution < 1.29 is 68.7 Å². The van der Waals surface area contributed by atoms with E-state index in [1.165, 1.54) is 199 Å². The first kappa shape index (κ1) is 59.4. The fourth-order valence-corrected chi connectivity index (χ4v) is 6.67. The van der Waals surface area contributed by atoms with E-state index in [0.29, 0.717) is 19.1 Å². The van der Waals surface area contributed by atoms with Gasteiger partial charge in [0.1, 0.15) is 12.7 Å². The number of carboxylic acids is 1. The second-order valence-corrected chi connectivity index (χ2v) is 15.8. The maximum atomic E-state index is 11.4. The van der Waals surface area contributed by atoms with Crippen LogP contribution >= 0.6 is 0 Å². The van der Waals surface area contributed by atoms with Gasteiger partial charge in [0, 0.05) is 12.5 Å². The van der Waals surface area contributed by atoms with E-state index in [4.69, 9.17) is 19.7 Å². The minimum Gasteiger partial charge on any atom is -0.545 e. The van der Waals surface area contributed by atoms with Crippen LogP contribution in [-0.4, -0.2) is 54.0 Å². The summed E-state index contributed by atoms with van der Waals surface area (Å²) in [6, 6.07) is 0. The summed E-state index contributed by atoms with van der Waals surface area (Å²) in [5, 5.41) is 27.9. The number of aliphatic hydroxyl groups is 2. The molecule has 56 heavy (non-hydrogen) atoms. The first-order valence-corrected chi connectivity index (χ1v) is 23.4. The number of aliphatic carboxylic acids is 1. The largest absolute Gasteiger partial charge is 1.00 e. The van der Waals surface area contributed by atoms with Crippen LogP contribution in [0.25, 0.3) is 0 Å². The monoisotopic (exact) mass is 805 g/mol. The molecule has 9 heteroatoms. The molecular formula is C47H89NaO8. The first-order valence-electron chi connectivity index (χ1n) is 23.4. The average molecular weight is 805 g/mol. The van der Waals surface area contributed by atoms with Crippen LogP contribution in [0.2, 0.25) is 0 Å². The summed E-state index contributed by atoms with van der Waals surface area (Å²) < 4.78 is 9.78. The summed E-state index contributed by atoms with van der Waals surface area (Å²) in [5.41, 5.74) is 0. The quantitative estimate of drug-likeness (QED) is 0.0271. The molecule has 0 saturated carbocycles. The fraction of sp³-hybridized carbons (Fsp3) is 0.894. The van der Waals surface area contributed by atoms with Crippen molar-refractivity contribution in [3.8, 4) is 0 Å². The topological polar surface area (TPSA) is 133 Å². The van der Waals surface area contributed by atoms with E-state index in [1.807, 2.05) is 0 Å². The molecule has 0 aromatic heterocycles. The van der Waals surface area contributed by atoms with E-state index >= 15 is 0 Å². The molecular weight excluding hydrogens is 715 g/mol. The third-order valence-corrected chi connectivity index (χ3v) is 10.2. The molecule has 0 radical (unpaired) electrons. The van der Waals surface area contributed by atoms with Crippen LogP contribution in [0.5, 0.6) is 0 Å². The first-order chi connectivity index (χ1) is 26.9. The van der Waals surface area contributed by atoms with E-state index in [2.05, 4.69) is 13.8 Å². The SMILES string of the molecule is CCCCCCCCCCCCCCCCCCCCCC(=O)OCC(O)CO.CCCCCCCCCCCCCCCCCCOC(=O)/C=C/C(=O)[O-].[Na+]. The van der Waals surface area contributed by atoms with Gasteiger partial charge in [0.15, 0.2) is 0 Å². The van der Waals surface area contributed by atoms with Gasteiger partial charge in [-0.3, -0.25) is 4.79 Å². The van der Waals surface area contributed by atoms with Crippen LogP contribution in [-0.2, 0) is 23.9 Å². The van der Waals surface area contributed by atoms with Crippen LogP contribution in [0, 0.1) is 0 Å². The second-order valence-electron chi connectivity index (χ2n) is 15.8. The average Bonchev–Trinajstić information content (AvgIpc) is 3.18. The van der Waals surface area contributed by atoms with Gasteiger partial charge in [0.2, 0.25) is 0 Å². The maximum absolute atomic E-state index is 11.4. The van der Waals surface area contributed by atoms with Crippen molar-refractivity contribution in [1.82, 2.24) is 0 Å². The van der Waals surface area contributed by atoms with Gasteiger partial charge in [0.05, 0.1) is 19.2 Å². The van der Waals surface area contributed by atoms with Crippen LogP contribution in [0.4, 0.5) is 0 Å². The molecule has 0 fully saturated rings. The van der Waals surface area contributed by atoms with Gasteiger partial charge >= 0.3 is 41.5 Å². The molecule has 0 saturated heterocycles. The zero-order valence-electron chi connectivity index (χ0n) is 37.2. The van der Waals surface area contributed by atoms with Gasteiger partial charge < -0.3 is 29.6 Å². The molecule has 326 valence electrons. The van der Waals surface area contributed by atoms with Gasteiger partial charge in [-0.15, -0.1) is 0 Å². The summed E-state index contributed by atoms with van der Waals surface area (Å²) in [7, 11) is 0. The van der Waals surface area contributed by atoms with Crippen LogP contribution in [0.1, 0.15) is 245 Å². The van der Waals surface area contributed by atoms with Crippen molar-refractivity contribution in [3.63, 3.8) is 0 Å². The van der Waals surface area contributed by atoms with Gasteiger partial charge in [0.25, 0.3) is 0 Å². The summed E-state index contributed by atoms with van der Waals surface area (Å²) in [6.45, 7) is 4.43. The number of carboxylic acid groups (broad SMARTS) is 1. The number of hydrogen-bond donors (Lipinski definition) is 2. The molecule has 0 aliphatic heterocycles. The molecule has 8 nitrogen and oxygen atoms in total. The predicted octanol–water partition coefficient (Wildman–Crippen LogP) is 8.81. The van der Waals surface area contributed by atoms with Crippen molar-refractivity contribution >= 4 is 17.9 Å². The zero-order valence-corrected chi connectivity index (χ0v) is 39.2. The number of rotatable bonds is 42. The molecule has 1 unspecified atom stereocenters. The van der Waals surface area contributed by atoms with E-state index in [0.717, 1.165) is 31.8 Å². The Kier molecular flexibility index (Phi) is 55.2. The minimum absolute atomic E-state index is 0. The molecule has 0 rings (SSSR count). The van der Waals surface area contributed by atoms with E-state index in [9.17, 15) is 19.5 Å². The molecule has 0 bridgehead atoms. The normalized spacial score (nSPS) is 11.5. The number of unbranched alkanes of at least 4 members (excludes halogenated alkanes) is 33. The maximum Gasteiger partial charge on any atom is 1.00 e. The molecule has 0 aromatic rings. The summed E-state index contributed by atoms with van der Waals surface area (Å²) >= 11 is 0. The number of hydrogen-bond acceptors (Lipinski definition) is 8. The van der Waals surface area contributed by atoms with Crippen molar-refractivity contribution in [2.45, 2.75) is 251 Å². The van der Waals surface area contributed by atoms with Gasteiger partial charge in [-0.05, 0) is 18.9 Å². The zero-order chi connectivity index (χ0) is 40.7. The molecule has 2 N–H and O–H groups in total. The molecule has 0 heterocycles. The Morgan fingerprint density at radius 1 is 0.482 bits per heavy atom.